The molecule has 154 valence electrons. The second-order valence-corrected chi connectivity index (χ2v) is 7.65. The summed E-state index contributed by atoms with van der Waals surface area (Å²) < 4.78 is 0. The average molecular weight is 402 g/mol. The van der Waals surface area contributed by atoms with Crippen LogP contribution in [-0.2, 0) is 22.6 Å². The molecule has 6 nitrogen and oxygen atoms in total. The highest BCUT2D eigenvalue weighted by Crippen LogP contribution is 2.30. The highest BCUT2D eigenvalue weighted by molar-refractivity contribution is 6.01. The van der Waals surface area contributed by atoms with Crippen molar-refractivity contribution in [2.45, 2.75) is 38.4 Å². The topological polar surface area (TPSA) is 74.3 Å². The Morgan fingerprint density at radius 2 is 1.93 bits per heavy atom. The first-order chi connectivity index (χ1) is 14.6. The van der Waals surface area contributed by atoms with E-state index in [0.29, 0.717) is 13.0 Å². The van der Waals surface area contributed by atoms with Crippen LogP contribution in [0.4, 0.5) is 5.69 Å². The zero-order chi connectivity index (χ0) is 21.1. The first kappa shape index (κ1) is 20.0. The Balaban J connectivity index is 1.70. The molecule has 0 saturated heterocycles. The van der Waals surface area contributed by atoms with E-state index in [4.69, 9.17) is 0 Å². The van der Waals surface area contributed by atoms with E-state index < -0.39 is 6.04 Å². The Kier molecular flexibility index (Phi) is 5.77. The fourth-order valence-corrected chi connectivity index (χ4v) is 3.90. The minimum absolute atomic E-state index is 0.0857. The van der Waals surface area contributed by atoms with Gasteiger partial charge >= 0.3 is 0 Å². The molecular formula is C24H26N4O2. The van der Waals surface area contributed by atoms with E-state index in [2.05, 4.69) is 21.7 Å². The summed E-state index contributed by atoms with van der Waals surface area (Å²) in [5.74, 6) is -0.256. The van der Waals surface area contributed by atoms with Gasteiger partial charge < -0.3 is 15.5 Å². The Labute approximate surface area is 176 Å². The van der Waals surface area contributed by atoms with E-state index >= 15 is 0 Å². The summed E-state index contributed by atoms with van der Waals surface area (Å²) in [4.78, 5) is 32.3. The van der Waals surface area contributed by atoms with Crippen LogP contribution in [0.5, 0.6) is 0 Å². The fraction of sp³-hybridized carbons (Fsp3) is 0.292. The van der Waals surface area contributed by atoms with Crippen molar-refractivity contribution in [3.05, 3.63) is 71.9 Å². The second-order valence-electron chi connectivity index (χ2n) is 7.65. The van der Waals surface area contributed by atoms with Gasteiger partial charge in [0, 0.05) is 17.3 Å². The first-order valence-electron chi connectivity index (χ1n) is 10.3. The van der Waals surface area contributed by atoms with Gasteiger partial charge in [0.15, 0.2) is 0 Å². The fourth-order valence-electron chi connectivity index (χ4n) is 3.90. The number of likely N-dealkylation sites (N-methyl/N-ethyl adjacent to an activating group) is 1. The Morgan fingerprint density at radius 3 is 2.77 bits per heavy atom. The number of amides is 2. The van der Waals surface area contributed by atoms with Gasteiger partial charge in [-0.1, -0.05) is 36.4 Å². The number of aryl methyl sites for hydroxylation is 1. The molecule has 2 atom stereocenters. The van der Waals surface area contributed by atoms with Crippen molar-refractivity contribution in [1.29, 1.82) is 0 Å². The number of anilines is 1. The maximum absolute atomic E-state index is 13.6. The number of pyridine rings is 1. The Morgan fingerprint density at radius 1 is 1.17 bits per heavy atom. The van der Waals surface area contributed by atoms with Crippen LogP contribution < -0.4 is 15.5 Å². The number of rotatable bonds is 5. The molecule has 0 saturated carbocycles. The SMILES string of the molecule is CNC(C)C(=O)NC1CCc2ccccc2N(Cc2ccnc3ccccc23)C1=O. The third kappa shape index (κ3) is 3.91. The zero-order valence-electron chi connectivity index (χ0n) is 17.3. The molecule has 0 spiro atoms. The van der Waals surface area contributed by atoms with Crippen LogP contribution >= 0.6 is 0 Å². The predicted molar refractivity (Wildman–Crippen MR) is 118 cm³/mol. The number of carbonyl (C=O) groups excluding carboxylic acids is 2. The molecule has 2 amide bonds. The number of carbonyl (C=O) groups is 2. The molecule has 1 aromatic heterocycles. The maximum atomic E-state index is 13.6. The van der Waals surface area contributed by atoms with Gasteiger partial charge in [0.1, 0.15) is 6.04 Å². The molecule has 2 aromatic carbocycles. The molecule has 2 N–H and O–H groups in total. The van der Waals surface area contributed by atoms with E-state index in [1.807, 2.05) is 48.5 Å². The van der Waals surface area contributed by atoms with Crippen LogP contribution in [-0.4, -0.2) is 35.9 Å². The molecule has 1 aliphatic rings. The van der Waals surface area contributed by atoms with Crippen molar-refractivity contribution in [3.8, 4) is 0 Å². The molecule has 0 bridgehead atoms. The van der Waals surface area contributed by atoms with E-state index in [0.717, 1.165) is 34.1 Å². The lowest BCUT2D eigenvalue weighted by atomic mass is 10.1. The third-order valence-corrected chi connectivity index (χ3v) is 5.76. The molecular weight excluding hydrogens is 376 g/mol. The number of nitrogens with one attached hydrogen (secondary N) is 2. The van der Waals surface area contributed by atoms with E-state index in [9.17, 15) is 9.59 Å². The molecule has 0 radical (unpaired) electrons. The number of nitrogens with zero attached hydrogens (tertiary/aromatic N) is 2. The molecule has 2 heterocycles. The average Bonchev–Trinajstić information content (AvgIpc) is 2.91. The number of benzene rings is 2. The predicted octanol–water partition coefficient (Wildman–Crippen LogP) is 2.81. The summed E-state index contributed by atoms with van der Waals surface area (Å²) in [6.07, 6.45) is 3.08. The number of fused-ring (bicyclic) bond motifs is 2. The second kappa shape index (κ2) is 8.63. The Bertz CT molecular complexity index is 1080. The van der Waals surface area contributed by atoms with Crippen molar-refractivity contribution < 1.29 is 9.59 Å². The van der Waals surface area contributed by atoms with Crippen LogP contribution in [0.3, 0.4) is 0 Å². The summed E-state index contributed by atoms with van der Waals surface area (Å²) in [7, 11) is 1.73. The van der Waals surface area contributed by atoms with Crippen LogP contribution in [0.25, 0.3) is 10.9 Å². The number of aromatic nitrogens is 1. The van der Waals surface area contributed by atoms with Crippen LogP contribution in [0.15, 0.2) is 60.8 Å². The van der Waals surface area contributed by atoms with Gasteiger partial charge in [-0.25, -0.2) is 0 Å². The summed E-state index contributed by atoms with van der Waals surface area (Å²) in [5, 5.41) is 6.90. The minimum Gasteiger partial charge on any atom is -0.343 e. The lowest BCUT2D eigenvalue weighted by molar-refractivity contribution is -0.128. The molecule has 2 unspecified atom stereocenters. The van der Waals surface area contributed by atoms with Crippen molar-refractivity contribution in [2.24, 2.45) is 0 Å². The highest BCUT2D eigenvalue weighted by Gasteiger charge is 2.32. The highest BCUT2D eigenvalue weighted by atomic mass is 16.2. The number of hydrogen-bond acceptors (Lipinski definition) is 4. The summed E-state index contributed by atoms with van der Waals surface area (Å²) >= 11 is 0. The normalized spacial score (nSPS) is 17.3. The molecule has 1 aliphatic heterocycles. The van der Waals surface area contributed by atoms with E-state index in [1.165, 1.54) is 0 Å². The largest absolute Gasteiger partial charge is 0.343 e. The van der Waals surface area contributed by atoms with Crippen molar-refractivity contribution in [1.82, 2.24) is 15.6 Å². The monoisotopic (exact) mass is 402 g/mol. The minimum atomic E-state index is -0.561. The molecule has 30 heavy (non-hydrogen) atoms. The molecule has 0 fully saturated rings. The quantitative estimate of drug-likeness (QED) is 0.688. The van der Waals surface area contributed by atoms with Crippen molar-refractivity contribution >= 4 is 28.4 Å². The molecule has 6 heteroatoms. The molecule has 3 aromatic rings. The van der Waals surface area contributed by atoms with Gasteiger partial charge in [0.2, 0.25) is 11.8 Å². The van der Waals surface area contributed by atoms with Crippen LogP contribution in [0.2, 0.25) is 0 Å². The zero-order valence-corrected chi connectivity index (χ0v) is 17.3. The Hall–Kier alpha value is -3.25. The van der Waals surface area contributed by atoms with Gasteiger partial charge in [-0.05, 0) is 56.1 Å². The van der Waals surface area contributed by atoms with Gasteiger partial charge in [0.05, 0.1) is 18.1 Å². The van der Waals surface area contributed by atoms with Crippen LogP contribution in [0.1, 0.15) is 24.5 Å². The molecule has 0 aliphatic carbocycles. The smallest absolute Gasteiger partial charge is 0.249 e. The van der Waals surface area contributed by atoms with Gasteiger partial charge in [-0.3, -0.25) is 14.6 Å². The lowest BCUT2D eigenvalue weighted by Gasteiger charge is -2.27. The third-order valence-electron chi connectivity index (χ3n) is 5.76. The van der Waals surface area contributed by atoms with Gasteiger partial charge in [-0.15, -0.1) is 0 Å². The number of hydrogen-bond donors (Lipinski definition) is 2. The molecule has 4 rings (SSSR count). The van der Waals surface area contributed by atoms with Crippen molar-refractivity contribution in [3.63, 3.8) is 0 Å². The van der Waals surface area contributed by atoms with Crippen LogP contribution in [0, 0.1) is 0 Å². The summed E-state index contributed by atoms with van der Waals surface area (Å²) in [6, 6.07) is 17.0. The van der Waals surface area contributed by atoms with E-state index in [-0.39, 0.29) is 17.9 Å². The standard InChI is InChI=1S/C24H26N4O2/c1-16(25-2)23(29)27-21-12-11-17-7-3-6-10-22(17)28(24(21)30)15-18-13-14-26-20-9-5-4-8-19(18)20/h3-10,13-14,16,21,25H,11-12,15H2,1-2H3,(H,27,29). The van der Waals surface area contributed by atoms with E-state index in [1.54, 1.807) is 25.1 Å². The van der Waals surface area contributed by atoms with Gasteiger partial charge in [-0.2, -0.15) is 0 Å². The first-order valence-corrected chi connectivity index (χ1v) is 10.3. The van der Waals surface area contributed by atoms with Crippen molar-refractivity contribution in [2.75, 3.05) is 11.9 Å². The van der Waals surface area contributed by atoms with Gasteiger partial charge in [0.25, 0.3) is 0 Å². The summed E-state index contributed by atoms with van der Waals surface area (Å²) in [6.45, 7) is 2.21. The maximum Gasteiger partial charge on any atom is 0.249 e. The number of para-hydroxylation sites is 2. The lowest BCUT2D eigenvalue weighted by Crippen LogP contribution is -2.52. The summed E-state index contributed by atoms with van der Waals surface area (Å²) in [5.41, 5.74) is 3.95.